The van der Waals surface area contributed by atoms with E-state index in [0.29, 0.717) is 0 Å². The first-order valence-corrected chi connectivity index (χ1v) is 5.61. The zero-order chi connectivity index (χ0) is 7.49. The average molecular weight is 210 g/mol. The number of hydrogen-bond donors (Lipinski definition) is 0. The van der Waals surface area contributed by atoms with Crippen molar-refractivity contribution in [3.63, 3.8) is 0 Å². The van der Waals surface area contributed by atoms with E-state index in [1.807, 2.05) is 0 Å². The fourth-order valence-electron chi connectivity index (χ4n) is 0.104. The highest BCUT2D eigenvalue weighted by molar-refractivity contribution is 8.05. The van der Waals surface area contributed by atoms with Crippen LogP contribution in [-0.4, -0.2) is 5.17 Å². The highest BCUT2D eigenvalue weighted by Crippen LogP contribution is 2.57. The molecule has 0 unspecified atom stereocenters. The molecule has 0 saturated heterocycles. The second-order valence-electron chi connectivity index (χ2n) is 1.08. The van der Waals surface area contributed by atoms with Gasteiger partial charge in [0.25, 0.3) is 0 Å². The largest absolute Gasteiger partial charge is 0.447 e. The van der Waals surface area contributed by atoms with Gasteiger partial charge >= 0.3 is 6.07 Å². The van der Waals surface area contributed by atoms with Crippen molar-refractivity contribution in [1.82, 2.24) is 0 Å². The van der Waals surface area contributed by atoms with Crippen LogP contribution in [-0.2, 0) is 9.19 Å². The molecular formula is C2H3Cl3NO2P. The van der Waals surface area contributed by atoms with Gasteiger partial charge in [0, 0.05) is 22.5 Å². The first-order valence-electron chi connectivity index (χ1n) is 1.80. The molecule has 0 fully saturated rings. The van der Waals surface area contributed by atoms with Crippen LogP contribution >= 0.6 is 40.2 Å². The normalized spacial score (nSPS) is 13.6. The van der Waals surface area contributed by atoms with Gasteiger partial charge in [-0.1, -0.05) is 16.8 Å². The van der Waals surface area contributed by atoms with Crippen LogP contribution in [0.15, 0.2) is 5.16 Å². The Balaban J connectivity index is 3.79. The average Bonchev–Trinajstić information content (AvgIpc) is 1.59. The maximum atomic E-state index is 10.3. The number of rotatable bonds is 2. The van der Waals surface area contributed by atoms with Crippen LogP contribution in [0.2, 0.25) is 0 Å². The van der Waals surface area contributed by atoms with Gasteiger partial charge in [0.2, 0.25) is 0 Å². The smallest absolute Gasteiger partial charge is 0.310 e. The maximum Gasteiger partial charge on any atom is 0.447 e. The lowest BCUT2D eigenvalue weighted by Crippen LogP contribution is -1.75. The predicted molar refractivity (Wildman–Crippen MR) is 39.4 cm³/mol. The molecule has 0 aliphatic rings. The Morgan fingerprint density at radius 1 is 1.67 bits per heavy atom. The molecule has 0 spiro atoms. The molecule has 0 radical (unpaired) electrons. The van der Waals surface area contributed by atoms with Crippen LogP contribution in [0.1, 0.15) is 6.92 Å². The van der Waals surface area contributed by atoms with Crippen molar-refractivity contribution in [2.24, 2.45) is 5.16 Å². The van der Waals surface area contributed by atoms with Crippen molar-refractivity contribution in [3.8, 4) is 0 Å². The Morgan fingerprint density at radius 2 is 2.11 bits per heavy atom. The lowest BCUT2D eigenvalue weighted by Gasteiger charge is -1.95. The van der Waals surface area contributed by atoms with E-state index in [1.54, 1.807) is 0 Å². The minimum atomic E-state index is -3.55. The van der Waals surface area contributed by atoms with Crippen LogP contribution in [0, 0.1) is 0 Å². The molecule has 0 aromatic carbocycles. The second kappa shape index (κ2) is 3.67. The van der Waals surface area contributed by atoms with E-state index < -0.39 is 6.07 Å². The zero-order valence-electron chi connectivity index (χ0n) is 4.34. The first kappa shape index (κ1) is 9.57. The topological polar surface area (TPSA) is 38.7 Å². The van der Waals surface area contributed by atoms with E-state index >= 15 is 0 Å². The molecule has 0 aromatic heterocycles. The molecular weight excluding hydrogens is 207 g/mol. The lowest BCUT2D eigenvalue weighted by atomic mass is 10.9. The van der Waals surface area contributed by atoms with E-state index in [4.69, 9.17) is 34.1 Å². The van der Waals surface area contributed by atoms with Gasteiger partial charge in [0.1, 0.15) is 5.17 Å². The number of halogens is 3. The van der Waals surface area contributed by atoms with Gasteiger partial charge in [-0.15, -0.1) is 0 Å². The zero-order valence-corrected chi connectivity index (χ0v) is 7.51. The van der Waals surface area contributed by atoms with E-state index in [2.05, 4.69) is 9.78 Å². The van der Waals surface area contributed by atoms with Gasteiger partial charge in [-0.3, -0.25) is 0 Å². The number of nitrogens with zero attached hydrogens (tertiary/aromatic N) is 1. The van der Waals surface area contributed by atoms with Gasteiger partial charge in [-0.2, -0.15) is 0 Å². The molecule has 0 saturated carbocycles. The van der Waals surface area contributed by atoms with Crippen molar-refractivity contribution >= 4 is 45.3 Å². The highest BCUT2D eigenvalue weighted by Gasteiger charge is 2.14. The van der Waals surface area contributed by atoms with Crippen molar-refractivity contribution in [3.05, 3.63) is 0 Å². The van der Waals surface area contributed by atoms with Gasteiger partial charge in [0.15, 0.2) is 0 Å². The van der Waals surface area contributed by atoms with Crippen LogP contribution in [0.3, 0.4) is 0 Å². The van der Waals surface area contributed by atoms with Crippen molar-refractivity contribution < 1.29 is 9.19 Å². The first-order chi connectivity index (χ1) is 3.92. The van der Waals surface area contributed by atoms with Crippen molar-refractivity contribution in [2.45, 2.75) is 6.92 Å². The summed E-state index contributed by atoms with van der Waals surface area (Å²) < 4.78 is 14.3. The van der Waals surface area contributed by atoms with E-state index in [0.717, 1.165) is 0 Å². The molecule has 0 amide bonds. The summed E-state index contributed by atoms with van der Waals surface area (Å²) in [6.45, 7) is 1.44. The maximum absolute atomic E-state index is 10.3. The third-order valence-electron chi connectivity index (χ3n) is 0.262. The highest BCUT2D eigenvalue weighted by atomic mass is 35.9. The Labute approximate surface area is 66.9 Å². The molecule has 0 bridgehead atoms. The van der Waals surface area contributed by atoms with Crippen LogP contribution in [0.25, 0.3) is 0 Å². The predicted octanol–water partition coefficient (Wildman–Crippen LogP) is 3.16. The Hall–Kier alpha value is 0.570. The summed E-state index contributed by atoms with van der Waals surface area (Å²) in [6.07, 6.45) is -3.55. The number of hydrogen-bond acceptors (Lipinski definition) is 3. The molecule has 54 valence electrons. The quantitative estimate of drug-likeness (QED) is 0.399. The summed E-state index contributed by atoms with van der Waals surface area (Å²) in [5.41, 5.74) is 0. The summed E-state index contributed by atoms with van der Waals surface area (Å²) >= 11 is 15.0. The Kier molecular flexibility index (Phi) is 3.90. The molecule has 0 heterocycles. The van der Waals surface area contributed by atoms with Gasteiger partial charge in [-0.05, 0) is 6.92 Å². The molecule has 7 heteroatoms. The molecule has 3 nitrogen and oxygen atoms in total. The standard InChI is InChI=1S/C2H3Cl3NO2P/c1-2(3)6-8-9(4,5)7/h1H3/b6-2-. The molecule has 0 atom stereocenters. The molecule has 0 rings (SSSR count). The number of oxime groups is 1. The molecule has 0 aliphatic carbocycles. The molecule has 0 aliphatic heterocycles. The van der Waals surface area contributed by atoms with Crippen LogP contribution in [0.4, 0.5) is 0 Å². The van der Waals surface area contributed by atoms with Crippen molar-refractivity contribution in [1.29, 1.82) is 0 Å². The van der Waals surface area contributed by atoms with Crippen LogP contribution in [0.5, 0.6) is 0 Å². The fraction of sp³-hybridized carbons (Fsp3) is 0.500. The molecule has 0 N–H and O–H groups in total. The summed E-state index contributed by atoms with van der Waals surface area (Å²) in [4.78, 5) is 0. The van der Waals surface area contributed by atoms with Crippen LogP contribution < -0.4 is 0 Å². The van der Waals surface area contributed by atoms with E-state index in [9.17, 15) is 4.57 Å². The minimum Gasteiger partial charge on any atom is -0.310 e. The van der Waals surface area contributed by atoms with E-state index in [-0.39, 0.29) is 5.17 Å². The van der Waals surface area contributed by atoms with Crippen molar-refractivity contribution in [2.75, 3.05) is 0 Å². The Bertz CT molecular complexity index is 159. The van der Waals surface area contributed by atoms with Gasteiger partial charge in [0.05, 0.1) is 0 Å². The monoisotopic (exact) mass is 209 g/mol. The third kappa shape index (κ3) is 8.57. The minimum absolute atomic E-state index is 0.0801. The SMILES string of the molecule is C/C(Cl)=N/OP(=O)(Cl)Cl. The second-order valence-corrected chi connectivity index (χ2v) is 5.81. The summed E-state index contributed by atoms with van der Waals surface area (Å²) in [6, 6.07) is 0. The Morgan fingerprint density at radius 3 is 2.22 bits per heavy atom. The van der Waals surface area contributed by atoms with E-state index in [1.165, 1.54) is 6.92 Å². The van der Waals surface area contributed by atoms with Gasteiger partial charge in [-0.25, -0.2) is 4.57 Å². The molecule has 0 aromatic rings. The summed E-state index contributed by atoms with van der Waals surface area (Å²) in [7, 11) is 0. The molecule has 9 heavy (non-hydrogen) atoms. The fourth-order valence-corrected chi connectivity index (χ4v) is 0.589. The summed E-state index contributed by atoms with van der Waals surface area (Å²) in [5.74, 6) is 0. The third-order valence-corrected chi connectivity index (χ3v) is 0.973. The van der Waals surface area contributed by atoms with Gasteiger partial charge < -0.3 is 4.62 Å². The lowest BCUT2D eigenvalue weighted by molar-refractivity contribution is 0.358. The summed E-state index contributed by atoms with van der Waals surface area (Å²) in [5, 5.41) is 3.13.